The summed E-state index contributed by atoms with van der Waals surface area (Å²) in [4.78, 5) is 0. The fourth-order valence-electron chi connectivity index (χ4n) is 1.58. The molecule has 0 aliphatic carbocycles. The van der Waals surface area contributed by atoms with E-state index in [-0.39, 0.29) is 6.10 Å². The van der Waals surface area contributed by atoms with Gasteiger partial charge in [-0.3, -0.25) is 0 Å². The van der Waals surface area contributed by atoms with Crippen LogP contribution in [0, 0.1) is 0 Å². The molecule has 3 heteroatoms. The first-order valence-corrected chi connectivity index (χ1v) is 5.60. The molecule has 0 amide bonds. The van der Waals surface area contributed by atoms with Gasteiger partial charge in [0.1, 0.15) is 5.76 Å². The zero-order chi connectivity index (χ0) is 11.4. The molecule has 1 N–H and O–H groups in total. The number of aliphatic hydroxyl groups is 1. The van der Waals surface area contributed by atoms with Crippen LogP contribution in [-0.2, 0) is 6.42 Å². The lowest BCUT2D eigenvalue weighted by molar-refractivity contribution is 0.158. The van der Waals surface area contributed by atoms with Crippen molar-refractivity contribution in [3.8, 4) is 11.5 Å². The van der Waals surface area contributed by atoms with Crippen LogP contribution in [0.5, 0.6) is 0 Å². The van der Waals surface area contributed by atoms with Crippen molar-refractivity contribution >= 4 is 0 Å². The van der Waals surface area contributed by atoms with Crippen molar-refractivity contribution in [2.24, 2.45) is 0 Å². The van der Waals surface area contributed by atoms with Crippen molar-refractivity contribution in [2.45, 2.75) is 32.3 Å². The largest absolute Gasteiger partial charge is 0.461 e. The third kappa shape index (κ3) is 2.55. The summed E-state index contributed by atoms with van der Waals surface area (Å²) in [5.74, 6) is 2.37. The third-order valence-electron chi connectivity index (χ3n) is 2.62. The van der Waals surface area contributed by atoms with Gasteiger partial charge in [-0.1, -0.05) is 6.92 Å². The Morgan fingerprint density at radius 3 is 2.81 bits per heavy atom. The molecule has 86 valence electrons. The highest BCUT2D eigenvalue weighted by Crippen LogP contribution is 2.23. The van der Waals surface area contributed by atoms with Crippen molar-refractivity contribution in [3.05, 3.63) is 36.3 Å². The van der Waals surface area contributed by atoms with Gasteiger partial charge in [0.2, 0.25) is 0 Å². The molecular formula is C13H16O3. The van der Waals surface area contributed by atoms with Crippen LogP contribution in [0.25, 0.3) is 11.5 Å². The minimum atomic E-state index is -0.239. The Hall–Kier alpha value is -1.48. The van der Waals surface area contributed by atoms with E-state index in [2.05, 4.69) is 0 Å². The predicted molar refractivity (Wildman–Crippen MR) is 61.0 cm³/mol. The monoisotopic (exact) mass is 220 g/mol. The van der Waals surface area contributed by atoms with Crippen LogP contribution in [0.15, 0.2) is 39.4 Å². The average molecular weight is 220 g/mol. The van der Waals surface area contributed by atoms with Crippen molar-refractivity contribution < 1.29 is 13.9 Å². The minimum Gasteiger partial charge on any atom is -0.461 e. The van der Waals surface area contributed by atoms with E-state index in [0.29, 0.717) is 0 Å². The van der Waals surface area contributed by atoms with E-state index in [1.165, 1.54) is 0 Å². The summed E-state index contributed by atoms with van der Waals surface area (Å²) in [6.45, 7) is 1.97. The number of rotatable bonds is 5. The summed E-state index contributed by atoms with van der Waals surface area (Å²) in [6.07, 6.45) is 3.67. The van der Waals surface area contributed by atoms with Crippen molar-refractivity contribution in [1.29, 1.82) is 0 Å². The summed E-state index contributed by atoms with van der Waals surface area (Å²) < 4.78 is 10.9. The number of aryl methyl sites for hydroxylation is 1. The maximum absolute atomic E-state index is 9.45. The van der Waals surface area contributed by atoms with Gasteiger partial charge in [0.25, 0.3) is 0 Å². The van der Waals surface area contributed by atoms with Gasteiger partial charge in [-0.25, -0.2) is 0 Å². The lowest BCUT2D eigenvalue weighted by Crippen LogP contribution is -2.05. The molecule has 1 atom stereocenters. The Balaban J connectivity index is 1.98. The summed E-state index contributed by atoms with van der Waals surface area (Å²) >= 11 is 0. The molecule has 0 aliphatic heterocycles. The quantitative estimate of drug-likeness (QED) is 0.841. The van der Waals surface area contributed by atoms with E-state index in [4.69, 9.17) is 8.83 Å². The minimum absolute atomic E-state index is 0.239. The lowest BCUT2D eigenvalue weighted by Gasteiger charge is -2.04. The van der Waals surface area contributed by atoms with E-state index in [1.807, 2.05) is 31.2 Å². The Bertz CT molecular complexity index is 414. The van der Waals surface area contributed by atoms with E-state index >= 15 is 0 Å². The molecule has 0 aliphatic rings. The van der Waals surface area contributed by atoms with Crippen LogP contribution in [0.3, 0.4) is 0 Å². The molecule has 2 heterocycles. The predicted octanol–water partition coefficient (Wildman–Crippen LogP) is 3.24. The van der Waals surface area contributed by atoms with Crippen LogP contribution in [0.2, 0.25) is 0 Å². The molecule has 2 rings (SSSR count). The smallest absolute Gasteiger partial charge is 0.169 e. The van der Waals surface area contributed by atoms with Gasteiger partial charge in [0.15, 0.2) is 11.5 Å². The molecule has 1 unspecified atom stereocenters. The zero-order valence-corrected chi connectivity index (χ0v) is 9.35. The van der Waals surface area contributed by atoms with Gasteiger partial charge in [-0.2, -0.15) is 0 Å². The maximum atomic E-state index is 9.45. The summed E-state index contributed by atoms with van der Waals surface area (Å²) in [5.41, 5.74) is 0. The van der Waals surface area contributed by atoms with E-state index in [9.17, 15) is 5.11 Å². The normalized spacial score (nSPS) is 12.9. The first kappa shape index (κ1) is 11.0. The van der Waals surface area contributed by atoms with Crippen molar-refractivity contribution in [3.63, 3.8) is 0 Å². The van der Waals surface area contributed by atoms with E-state index in [0.717, 1.165) is 36.5 Å². The van der Waals surface area contributed by atoms with Gasteiger partial charge in [-0.05, 0) is 37.1 Å². The Morgan fingerprint density at radius 2 is 2.12 bits per heavy atom. The average Bonchev–Trinajstić information content (AvgIpc) is 2.95. The highest BCUT2D eigenvalue weighted by atomic mass is 16.4. The van der Waals surface area contributed by atoms with Crippen molar-refractivity contribution in [2.75, 3.05) is 0 Å². The van der Waals surface area contributed by atoms with Gasteiger partial charge in [-0.15, -0.1) is 0 Å². The van der Waals surface area contributed by atoms with Crippen molar-refractivity contribution in [1.82, 2.24) is 0 Å². The standard InChI is InChI=1S/C13H16O3/c1-2-10(14)5-6-11-7-8-13(16-11)12-4-3-9-15-12/h3-4,7-10,14H,2,5-6H2,1H3. The second-order valence-electron chi connectivity index (χ2n) is 3.84. The van der Waals surface area contributed by atoms with E-state index < -0.39 is 0 Å². The van der Waals surface area contributed by atoms with E-state index in [1.54, 1.807) is 6.26 Å². The van der Waals surface area contributed by atoms with Crippen LogP contribution in [-0.4, -0.2) is 11.2 Å². The molecule has 0 aromatic carbocycles. The Morgan fingerprint density at radius 1 is 1.25 bits per heavy atom. The first-order chi connectivity index (χ1) is 7.79. The molecule has 0 radical (unpaired) electrons. The van der Waals surface area contributed by atoms with Crippen LogP contribution >= 0.6 is 0 Å². The second kappa shape index (κ2) is 5.03. The van der Waals surface area contributed by atoms with Crippen LogP contribution < -0.4 is 0 Å². The molecule has 2 aromatic heterocycles. The first-order valence-electron chi connectivity index (χ1n) is 5.60. The van der Waals surface area contributed by atoms with Gasteiger partial charge in [0, 0.05) is 6.42 Å². The fraction of sp³-hybridized carbons (Fsp3) is 0.385. The number of hydrogen-bond donors (Lipinski definition) is 1. The zero-order valence-electron chi connectivity index (χ0n) is 9.35. The summed E-state index contributed by atoms with van der Waals surface area (Å²) in [6, 6.07) is 7.52. The van der Waals surface area contributed by atoms with Crippen LogP contribution in [0.1, 0.15) is 25.5 Å². The maximum Gasteiger partial charge on any atom is 0.169 e. The molecule has 16 heavy (non-hydrogen) atoms. The molecule has 0 saturated carbocycles. The topological polar surface area (TPSA) is 46.5 Å². The van der Waals surface area contributed by atoms with Crippen LogP contribution in [0.4, 0.5) is 0 Å². The van der Waals surface area contributed by atoms with Gasteiger partial charge >= 0.3 is 0 Å². The highest BCUT2D eigenvalue weighted by Gasteiger charge is 2.08. The highest BCUT2D eigenvalue weighted by molar-refractivity contribution is 5.49. The number of hydrogen-bond acceptors (Lipinski definition) is 3. The molecule has 2 aromatic rings. The molecule has 0 fully saturated rings. The molecule has 0 bridgehead atoms. The SMILES string of the molecule is CCC(O)CCc1ccc(-c2ccco2)o1. The number of furan rings is 2. The summed E-state index contributed by atoms with van der Waals surface area (Å²) in [7, 11) is 0. The lowest BCUT2D eigenvalue weighted by atomic mass is 10.1. The molecular weight excluding hydrogens is 204 g/mol. The molecule has 0 spiro atoms. The summed E-state index contributed by atoms with van der Waals surface area (Å²) in [5, 5.41) is 9.45. The Labute approximate surface area is 94.7 Å². The third-order valence-corrected chi connectivity index (χ3v) is 2.62. The molecule has 3 nitrogen and oxygen atoms in total. The Kier molecular flexibility index (Phi) is 3.47. The van der Waals surface area contributed by atoms with Gasteiger partial charge in [0.05, 0.1) is 12.4 Å². The van der Waals surface area contributed by atoms with Gasteiger partial charge < -0.3 is 13.9 Å². The molecule has 0 saturated heterocycles. The fourth-order valence-corrected chi connectivity index (χ4v) is 1.58. The second-order valence-corrected chi connectivity index (χ2v) is 3.84. The number of aliphatic hydroxyl groups excluding tert-OH is 1.